The molecule has 0 saturated carbocycles. The molecule has 146 valence electrons. The molecule has 0 saturated heterocycles. The predicted molar refractivity (Wildman–Crippen MR) is 103 cm³/mol. The van der Waals surface area contributed by atoms with Crippen LogP contribution in [-0.2, 0) is 16.0 Å². The van der Waals surface area contributed by atoms with Gasteiger partial charge in [-0.1, -0.05) is 6.42 Å². The molecule has 7 heteroatoms. The van der Waals surface area contributed by atoms with Gasteiger partial charge in [0, 0.05) is 12.5 Å². The van der Waals surface area contributed by atoms with E-state index in [2.05, 4.69) is 10.6 Å². The third kappa shape index (κ3) is 7.01. The maximum absolute atomic E-state index is 12.7. The Morgan fingerprint density at radius 2 is 1.73 bits per heavy atom. The second-order valence-corrected chi connectivity index (χ2v) is 6.78. The van der Waals surface area contributed by atoms with E-state index in [4.69, 9.17) is 11.5 Å². The summed E-state index contributed by atoms with van der Waals surface area (Å²) in [6.07, 6.45) is 3.02. The van der Waals surface area contributed by atoms with E-state index >= 15 is 0 Å². The van der Waals surface area contributed by atoms with Crippen molar-refractivity contribution in [1.29, 1.82) is 0 Å². The van der Waals surface area contributed by atoms with Gasteiger partial charge in [-0.3, -0.25) is 9.59 Å². The topological polar surface area (TPSA) is 130 Å². The highest BCUT2D eigenvalue weighted by molar-refractivity contribution is 5.88. The molecule has 0 fully saturated rings. The molecule has 0 spiro atoms. The normalized spacial score (nSPS) is 13.1. The molecule has 2 atom stereocenters. The van der Waals surface area contributed by atoms with Crippen molar-refractivity contribution in [2.24, 2.45) is 11.5 Å². The lowest BCUT2D eigenvalue weighted by molar-refractivity contribution is -0.128. The molecule has 1 aromatic carbocycles. The summed E-state index contributed by atoms with van der Waals surface area (Å²) in [4.78, 5) is 24.5. The summed E-state index contributed by atoms with van der Waals surface area (Å²) in [7, 11) is 0. The first kappa shape index (κ1) is 21.9. The Hall–Kier alpha value is -2.12. The summed E-state index contributed by atoms with van der Waals surface area (Å²) in [5.74, 6) is -0.432. The molecule has 1 unspecified atom stereocenters. The summed E-state index contributed by atoms with van der Waals surface area (Å²) < 4.78 is 0. The zero-order chi connectivity index (χ0) is 19.7. The number of nitrogens with two attached hydrogens (primary N) is 2. The summed E-state index contributed by atoms with van der Waals surface area (Å²) >= 11 is 0. The Kier molecular flexibility index (Phi) is 9.09. The van der Waals surface area contributed by atoms with Crippen molar-refractivity contribution in [2.75, 3.05) is 13.1 Å². The van der Waals surface area contributed by atoms with Gasteiger partial charge >= 0.3 is 0 Å². The molecule has 0 aromatic heterocycles. The number of phenolic OH excluding ortho intramolecular Hbond substituents is 1. The fourth-order valence-electron chi connectivity index (χ4n) is 2.97. The van der Waals surface area contributed by atoms with Crippen LogP contribution in [-0.4, -0.2) is 42.1 Å². The molecule has 2 amide bonds. The van der Waals surface area contributed by atoms with Crippen molar-refractivity contribution < 1.29 is 14.7 Å². The number of nitrogens with one attached hydrogen (secondary N) is 2. The Balaban J connectivity index is 2.88. The number of aromatic hydroxyl groups is 1. The number of hydrogen-bond acceptors (Lipinski definition) is 5. The fourth-order valence-corrected chi connectivity index (χ4v) is 2.97. The molecule has 0 bridgehead atoms. The van der Waals surface area contributed by atoms with E-state index in [-0.39, 0.29) is 30.2 Å². The van der Waals surface area contributed by atoms with Crippen LogP contribution in [0.2, 0.25) is 0 Å². The van der Waals surface area contributed by atoms with Gasteiger partial charge in [0.1, 0.15) is 11.8 Å². The number of carbonyl (C=O) groups excluding carboxylic acids is 2. The van der Waals surface area contributed by atoms with E-state index in [9.17, 15) is 14.7 Å². The van der Waals surface area contributed by atoms with Gasteiger partial charge in [-0.2, -0.15) is 0 Å². The molecule has 0 heterocycles. The molecule has 1 aromatic rings. The highest BCUT2D eigenvalue weighted by Gasteiger charge is 2.23. The summed E-state index contributed by atoms with van der Waals surface area (Å²) in [5, 5.41) is 15.3. The van der Waals surface area contributed by atoms with E-state index in [0.717, 1.165) is 36.0 Å². The molecular weight excluding hydrogens is 332 g/mol. The first-order valence-electron chi connectivity index (χ1n) is 9.07. The lowest BCUT2D eigenvalue weighted by Gasteiger charge is -2.23. The van der Waals surface area contributed by atoms with Gasteiger partial charge in [-0.25, -0.2) is 0 Å². The lowest BCUT2D eigenvalue weighted by atomic mass is 9.95. The molecule has 0 radical (unpaired) electrons. The number of hydrogen-bond donors (Lipinski definition) is 5. The van der Waals surface area contributed by atoms with Crippen molar-refractivity contribution in [2.45, 2.75) is 58.5 Å². The van der Waals surface area contributed by atoms with Gasteiger partial charge in [-0.05, 0) is 69.0 Å². The SMILES string of the molecule is Cc1cc(O)cc(C)c1C[C@H](NC(=O)CN)C(=O)NC(C)CCCCN. The van der Waals surface area contributed by atoms with Gasteiger partial charge in [0.05, 0.1) is 6.54 Å². The predicted octanol–water partition coefficient (Wildman–Crippen LogP) is 0.629. The van der Waals surface area contributed by atoms with Crippen LogP contribution in [0.25, 0.3) is 0 Å². The van der Waals surface area contributed by atoms with Gasteiger partial charge in [0.15, 0.2) is 0 Å². The van der Waals surface area contributed by atoms with E-state index < -0.39 is 6.04 Å². The Morgan fingerprint density at radius 3 is 2.27 bits per heavy atom. The number of phenols is 1. The van der Waals surface area contributed by atoms with Crippen LogP contribution in [0, 0.1) is 13.8 Å². The zero-order valence-electron chi connectivity index (χ0n) is 16.0. The van der Waals surface area contributed by atoms with Crippen molar-refractivity contribution in [3.05, 3.63) is 28.8 Å². The van der Waals surface area contributed by atoms with E-state index in [1.165, 1.54) is 0 Å². The fraction of sp³-hybridized carbons (Fsp3) is 0.579. The first-order valence-corrected chi connectivity index (χ1v) is 9.07. The smallest absolute Gasteiger partial charge is 0.243 e. The number of carbonyl (C=O) groups is 2. The van der Waals surface area contributed by atoms with Crippen LogP contribution < -0.4 is 22.1 Å². The third-order valence-corrected chi connectivity index (χ3v) is 4.41. The standard InChI is InChI=1S/C19H32N4O3/c1-12-8-15(24)9-13(2)16(12)10-17(23-18(25)11-21)19(26)22-14(3)6-4-5-7-20/h8-9,14,17,24H,4-7,10-11,20-21H2,1-3H3,(H,22,26)(H,23,25)/t14?,17-/m0/s1. The van der Waals surface area contributed by atoms with Crippen molar-refractivity contribution >= 4 is 11.8 Å². The maximum atomic E-state index is 12.7. The Morgan fingerprint density at radius 1 is 1.12 bits per heavy atom. The van der Waals surface area contributed by atoms with E-state index in [0.29, 0.717) is 13.0 Å². The van der Waals surface area contributed by atoms with Crippen LogP contribution in [0.15, 0.2) is 12.1 Å². The molecule has 7 N–H and O–H groups in total. The van der Waals surface area contributed by atoms with Gasteiger partial charge in [0.25, 0.3) is 0 Å². The number of rotatable bonds is 10. The summed E-state index contributed by atoms with van der Waals surface area (Å²) in [5.41, 5.74) is 13.6. The van der Waals surface area contributed by atoms with Gasteiger partial charge < -0.3 is 27.2 Å². The molecule has 0 aliphatic rings. The van der Waals surface area contributed by atoms with Crippen LogP contribution >= 0.6 is 0 Å². The van der Waals surface area contributed by atoms with Crippen LogP contribution in [0.3, 0.4) is 0 Å². The quantitative estimate of drug-likeness (QED) is 0.389. The Labute approximate surface area is 155 Å². The van der Waals surface area contributed by atoms with Crippen molar-refractivity contribution in [3.8, 4) is 5.75 Å². The maximum Gasteiger partial charge on any atom is 0.243 e. The first-order chi connectivity index (χ1) is 12.3. The zero-order valence-corrected chi connectivity index (χ0v) is 16.0. The van der Waals surface area contributed by atoms with Crippen LogP contribution in [0.1, 0.15) is 42.9 Å². The van der Waals surface area contributed by atoms with Gasteiger partial charge in [0.2, 0.25) is 11.8 Å². The van der Waals surface area contributed by atoms with E-state index in [1.807, 2.05) is 20.8 Å². The molecule has 26 heavy (non-hydrogen) atoms. The number of amides is 2. The minimum atomic E-state index is -0.718. The Bertz CT molecular complexity index is 596. The number of benzene rings is 1. The van der Waals surface area contributed by atoms with Crippen molar-refractivity contribution in [3.63, 3.8) is 0 Å². The minimum Gasteiger partial charge on any atom is -0.508 e. The van der Waals surface area contributed by atoms with Gasteiger partial charge in [-0.15, -0.1) is 0 Å². The molecule has 0 aliphatic carbocycles. The highest BCUT2D eigenvalue weighted by atomic mass is 16.3. The second kappa shape index (κ2) is 10.8. The summed E-state index contributed by atoms with van der Waals surface area (Å²) in [6.45, 7) is 6.14. The molecule has 7 nitrogen and oxygen atoms in total. The molecular formula is C19H32N4O3. The largest absolute Gasteiger partial charge is 0.508 e. The van der Waals surface area contributed by atoms with Crippen LogP contribution in [0.5, 0.6) is 5.75 Å². The molecule has 0 aliphatic heterocycles. The number of aryl methyl sites for hydroxylation is 2. The lowest BCUT2D eigenvalue weighted by Crippen LogP contribution is -2.51. The molecule has 1 rings (SSSR count). The average molecular weight is 364 g/mol. The number of unbranched alkanes of at least 4 members (excludes halogenated alkanes) is 1. The van der Waals surface area contributed by atoms with Crippen molar-refractivity contribution in [1.82, 2.24) is 10.6 Å². The minimum absolute atomic E-state index is 0.00617. The monoisotopic (exact) mass is 364 g/mol. The van der Waals surface area contributed by atoms with Crippen LogP contribution in [0.4, 0.5) is 0 Å². The third-order valence-electron chi connectivity index (χ3n) is 4.41. The average Bonchev–Trinajstić information content (AvgIpc) is 2.56. The van der Waals surface area contributed by atoms with E-state index in [1.54, 1.807) is 12.1 Å². The highest BCUT2D eigenvalue weighted by Crippen LogP contribution is 2.22. The summed E-state index contributed by atoms with van der Waals surface area (Å²) in [6, 6.07) is 2.58. The second-order valence-electron chi connectivity index (χ2n) is 6.78.